The maximum atomic E-state index is 6.81. The van der Waals surface area contributed by atoms with E-state index in [2.05, 4.69) is 227 Å². The van der Waals surface area contributed by atoms with Gasteiger partial charge in [0.1, 0.15) is 11.2 Å². The Labute approximate surface area is 352 Å². The first-order chi connectivity index (χ1) is 29.3. The predicted molar refractivity (Wildman–Crippen MR) is 254 cm³/mol. The standard InChI is InChI=1S/C58H45NO/c1-37(2)50-33-41(25-30-45(50)40-17-9-6-10-18-40)42-26-32-56-51(34-42)52-36-55(48-20-11-12-21-49(48)57(52)60-56)59(43-27-23-39(24-28-43)38-15-7-5-8-16-38)44-29-31-47-46-19-13-14-22-53(46)58(3,4)54(47)35-44/h5-37H,1-4H3. The molecule has 0 N–H and O–H groups in total. The molecular weight excluding hydrogens is 727 g/mol. The van der Waals surface area contributed by atoms with Crippen molar-refractivity contribution in [3.63, 3.8) is 0 Å². The molecule has 60 heavy (non-hydrogen) atoms. The van der Waals surface area contributed by atoms with Gasteiger partial charge in [0.15, 0.2) is 0 Å². The zero-order valence-corrected chi connectivity index (χ0v) is 34.4. The summed E-state index contributed by atoms with van der Waals surface area (Å²) >= 11 is 0. The van der Waals surface area contributed by atoms with Gasteiger partial charge < -0.3 is 9.32 Å². The first-order valence-electron chi connectivity index (χ1n) is 21.1. The minimum Gasteiger partial charge on any atom is -0.455 e. The third-order valence-corrected chi connectivity index (χ3v) is 12.8. The second-order valence-electron chi connectivity index (χ2n) is 17.1. The van der Waals surface area contributed by atoms with Gasteiger partial charge in [-0.05, 0) is 110 Å². The molecule has 1 aliphatic carbocycles. The number of anilines is 3. The summed E-state index contributed by atoms with van der Waals surface area (Å²) in [7, 11) is 0. The minimum atomic E-state index is -0.136. The minimum absolute atomic E-state index is 0.136. The molecule has 0 fully saturated rings. The molecule has 11 rings (SSSR count). The highest BCUT2D eigenvalue weighted by molar-refractivity contribution is 6.20. The molecule has 2 heteroatoms. The molecule has 0 atom stereocenters. The third-order valence-electron chi connectivity index (χ3n) is 12.8. The van der Waals surface area contributed by atoms with Gasteiger partial charge in [-0.3, -0.25) is 0 Å². The van der Waals surface area contributed by atoms with Crippen molar-refractivity contribution in [2.24, 2.45) is 0 Å². The Balaban J connectivity index is 1.12. The van der Waals surface area contributed by atoms with E-state index in [1.807, 2.05) is 0 Å². The second kappa shape index (κ2) is 14.0. The quantitative estimate of drug-likeness (QED) is 0.160. The number of nitrogens with zero attached hydrogens (tertiary/aromatic N) is 1. The van der Waals surface area contributed by atoms with Crippen molar-refractivity contribution in [2.75, 3.05) is 4.90 Å². The van der Waals surface area contributed by atoms with Crippen LogP contribution in [0.25, 0.3) is 77.2 Å². The van der Waals surface area contributed by atoms with Gasteiger partial charge >= 0.3 is 0 Å². The summed E-state index contributed by atoms with van der Waals surface area (Å²) in [5.74, 6) is 0.374. The van der Waals surface area contributed by atoms with Crippen molar-refractivity contribution < 1.29 is 4.42 Å². The van der Waals surface area contributed by atoms with Crippen LogP contribution in [0.15, 0.2) is 199 Å². The second-order valence-corrected chi connectivity index (χ2v) is 17.1. The molecule has 0 amide bonds. The van der Waals surface area contributed by atoms with Gasteiger partial charge in [-0.2, -0.15) is 0 Å². The van der Waals surface area contributed by atoms with E-state index in [9.17, 15) is 0 Å². The summed E-state index contributed by atoms with van der Waals surface area (Å²) in [4.78, 5) is 2.45. The molecule has 0 saturated heterocycles. The molecule has 10 aromatic rings. The number of furan rings is 1. The van der Waals surface area contributed by atoms with Gasteiger partial charge in [-0.15, -0.1) is 0 Å². The lowest BCUT2D eigenvalue weighted by Gasteiger charge is -2.29. The maximum Gasteiger partial charge on any atom is 0.143 e. The molecule has 2 nitrogen and oxygen atoms in total. The molecule has 288 valence electrons. The van der Waals surface area contributed by atoms with Gasteiger partial charge in [-0.25, -0.2) is 0 Å². The molecule has 1 aromatic heterocycles. The average molecular weight is 772 g/mol. The van der Waals surface area contributed by atoms with Gasteiger partial charge in [0.25, 0.3) is 0 Å². The fraction of sp³-hybridized carbons (Fsp3) is 0.103. The SMILES string of the molecule is CC(C)c1cc(-c2ccc3oc4c5ccccc5c(N(c5ccc(-c6ccccc6)cc5)c5ccc6c(c5)C(C)(C)c5ccccc5-6)cc4c3c2)ccc1-c1ccccc1. The van der Waals surface area contributed by atoms with E-state index in [-0.39, 0.29) is 5.41 Å². The van der Waals surface area contributed by atoms with Crippen LogP contribution in [0.4, 0.5) is 17.1 Å². The van der Waals surface area contributed by atoms with Crippen molar-refractivity contribution in [1.82, 2.24) is 0 Å². The van der Waals surface area contributed by atoms with Crippen LogP contribution in [0.1, 0.15) is 50.3 Å². The van der Waals surface area contributed by atoms with Crippen molar-refractivity contribution in [1.29, 1.82) is 0 Å². The lowest BCUT2D eigenvalue weighted by Crippen LogP contribution is -2.16. The van der Waals surface area contributed by atoms with Gasteiger partial charge in [0.05, 0.1) is 5.69 Å². The Morgan fingerprint density at radius 1 is 0.417 bits per heavy atom. The van der Waals surface area contributed by atoms with Crippen LogP contribution < -0.4 is 4.90 Å². The summed E-state index contributed by atoms with van der Waals surface area (Å²) in [6, 6.07) is 71.0. The lowest BCUT2D eigenvalue weighted by molar-refractivity contribution is 0.660. The summed E-state index contributed by atoms with van der Waals surface area (Å²) in [5, 5.41) is 4.44. The largest absolute Gasteiger partial charge is 0.455 e. The van der Waals surface area contributed by atoms with E-state index in [1.165, 1.54) is 61.2 Å². The first kappa shape index (κ1) is 36.0. The fourth-order valence-electron chi connectivity index (χ4n) is 9.74. The zero-order chi connectivity index (χ0) is 40.5. The molecule has 0 aliphatic heterocycles. The van der Waals surface area contributed by atoms with Crippen molar-refractivity contribution in [3.05, 3.63) is 211 Å². The topological polar surface area (TPSA) is 16.4 Å². The fourth-order valence-corrected chi connectivity index (χ4v) is 9.74. The Hall–Kier alpha value is -7.16. The van der Waals surface area contributed by atoms with Crippen molar-refractivity contribution >= 4 is 49.8 Å². The number of fused-ring (bicyclic) bond motifs is 8. The molecule has 1 heterocycles. The number of hydrogen-bond acceptors (Lipinski definition) is 2. The average Bonchev–Trinajstić information content (AvgIpc) is 3.78. The highest BCUT2D eigenvalue weighted by Gasteiger charge is 2.36. The Kier molecular flexibility index (Phi) is 8.39. The highest BCUT2D eigenvalue weighted by atomic mass is 16.3. The van der Waals surface area contributed by atoms with E-state index >= 15 is 0 Å². The van der Waals surface area contributed by atoms with E-state index in [0.29, 0.717) is 5.92 Å². The van der Waals surface area contributed by atoms with Crippen molar-refractivity contribution in [2.45, 2.75) is 39.0 Å². The zero-order valence-electron chi connectivity index (χ0n) is 34.4. The molecule has 1 aliphatic rings. The van der Waals surface area contributed by atoms with Crippen LogP contribution in [0.3, 0.4) is 0 Å². The van der Waals surface area contributed by atoms with E-state index in [4.69, 9.17) is 4.42 Å². The Morgan fingerprint density at radius 3 is 1.77 bits per heavy atom. The van der Waals surface area contributed by atoms with E-state index in [0.717, 1.165) is 49.8 Å². The lowest BCUT2D eigenvalue weighted by atomic mass is 9.82. The van der Waals surface area contributed by atoms with Crippen molar-refractivity contribution in [3.8, 4) is 44.5 Å². The van der Waals surface area contributed by atoms with Crippen LogP contribution in [0.5, 0.6) is 0 Å². The van der Waals surface area contributed by atoms with Crippen LogP contribution in [-0.2, 0) is 5.41 Å². The summed E-state index contributed by atoms with van der Waals surface area (Å²) in [6.45, 7) is 9.28. The van der Waals surface area contributed by atoms with Gasteiger partial charge in [-0.1, -0.05) is 179 Å². The molecule has 0 bridgehead atoms. The monoisotopic (exact) mass is 771 g/mol. The molecular formula is C58H45NO. The van der Waals surface area contributed by atoms with E-state index in [1.54, 1.807) is 0 Å². The van der Waals surface area contributed by atoms with Crippen LogP contribution in [0, 0.1) is 0 Å². The molecule has 9 aromatic carbocycles. The summed E-state index contributed by atoms with van der Waals surface area (Å²) in [5.41, 5.74) is 19.0. The normalized spacial score (nSPS) is 12.9. The molecule has 0 radical (unpaired) electrons. The number of hydrogen-bond donors (Lipinski definition) is 0. The van der Waals surface area contributed by atoms with Crippen LogP contribution >= 0.6 is 0 Å². The maximum absolute atomic E-state index is 6.81. The van der Waals surface area contributed by atoms with Crippen LogP contribution in [-0.4, -0.2) is 0 Å². The van der Waals surface area contributed by atoms with Crippen LogP contribution in [0.2, 0.25) is 0 Å². The smallest absolute Gasteiger partial charge is 0.143 e. The van der Waals surface area contributed by atoms with Gasteiger partial charge in [0, 0.05) is 38.3 Å². The number of benzene rings is 9. The Bertz CT molecular complexity index is 3240. The molecule has 0 saturated carbocycles. The molecule has 0 unspecified atom stereocenters. The first-order valence-corrected chi connectivity index (χ1v) is 21.1. The third kappa shape index (κ3) is 5.78. The Morgan fingerprint density at radius 2 is 1.00 bits per heavy atom. The summed E-state index contributed by atoms with van der Waals surface area (Å²) < 4.78 is 6.81. The van der Waals surface area contributed by atoms with E-state index < -0.39 is 0 Å². The predicted octanol–water partition coefficient (Wildman–Crippen LogP) is 16.6. The summed E-state index contributed by atoms with van der Waals surface area (Å²) in [6.07, 6.45) is 0. The molecule has 0 spiro atoms. The highest BCUT2D eigenvalue weighted by Crippen LogP contribution is 2.52. The van der Waals surface area contributed by atoms with Gasteiger partial charge in [0.2, 0.25) is 0 Å². The number of rotatable bonds is 7.